The Bertz CT molecular complexity index is 327. The van der Waals surface area contributed by atoms with Gasteiger partial charge in [0.2, 0.25) is 0 Å². The van der Waals surface area contributed by atoms with Crippen LogP contribution in [0.5, 0.6) is 0 Å². The third kappa shape index (κ3) is 1.92. The largest absolute Gasteiger partial charge is 0.375 e. The van der Waals surface area contributed by atoms with Gasteiger partial charge in [-0.25, -0.2) is 0 Å². The molecule has 1 unspecified atom stereocenters. The molecule has 14 heavy (non-hydrogen) atoms. The summed E-state index contributed by atoms with van der Waals surface area (Å²) < 4.78 is 5.49. The Morgan fingerprint density at radius 1 is 1.57 bits per heavy atom. The smallest absolute Gasteiger partial charge is 0.0721 e. The van der Waals surface area contributed by atoms with Gasteiger partial charge in [-0.1, -0.05) is 24.6 Å². The molecule has 0 spiro atoms. The minimum atomic E-state index is 0.320. The van der Waals surface area contributed by atoms with E-state index in [1.165, 1.54) is 11.1 Å². The van der Waals surface area contributed by atoms with Gasteiger partial charge in [-0.05, 0) is 29.8 Å². The van der Waals surface area contributed by atoms with Gasteiger partial charge < -0.3 is 10.1 Å². The third-order valence-corrected chi connectivity index (χ3v) is 2.71. The lowest BCUT2D eigenvalue weighted by Gasteiger charge is -2.26. The molecule has 1 aromatic carbocycles. The molecule has 1 aliphatic heterocycles. The van der Waals surface area contributed by atoms with Crippen LogP contribution < -0.4 is 5.32 Å². The summed E-state index contributed by atoms with van der Waals surface area (Å²) >= 11 is 5.93. The molecule has 2 nitrogen and oxygen atoms in total. The monoisotopic (exact) mass is 211 g/mol. The Hall–Kier alpha value is -0.570. The standard InChI is InChI=1S/C11H14ClNO/c1-2-13-11-7-14-6-8-5-9(12)3-4-10(8)11/h3-5,11,13H,2,6-7H2,1H3. The minimum absolute atomic E-state index is 0.320. The van der Waals surface area contributed by atoms with E-state index < -0.39 is 0 Å². The van der Waals surface area contributed by atoms with Crippen molar-refractivity contribution in [3.05, 3.63) is 34.3 Å². The second kappa shape index (κ2) is 4.30. The van der Waals surface area contributed by atoms with E-state index in [1.807, 2.05) is 12.1 Å². The zero-order chi connectivity index (χ0) is 9.97. The predicted octanol–water partition coefficient (Wildman–Crippen LogP) is 2.52. The van der Waals surface area contributed by atoms with Gasteiger partial charge in [0.1, 0.15) is 0 Å². The molecule has 1 N–H and O–H groups in total. The highest BCUT2D eigenvalue weighted by atomic mass is 35.5. The first kappa shape index (κ1) is 9.97. The molecule has 0 saturated heterocycles. The summed E-state index contributed by atoms with van der Waals surface area (Å²) in [5, 5.41) is 4.17. The van der Waals surface area contributed by atoms with E-state index in [1.54, 1.807) is 0 Å². The first-order chi connectivity index (χ1) is 6.81. The Morgan fingerprint density at radius 3 is 3.21 bits per heavy atom. The van der Waals surface area contributed by atoms with Crippen LogP contribution in [-0.2, 0) is 11.3 Å². The molecule has 0 amide bonds. The van der Waals surface area contributed by atoms with E-state index in [0.29, 0.717) is 12.6 Å². The molecule has 0 radical (unpaired) electrons. The number of ether oxygens (including phenoxy) is 1. The number of likely N-dealkylation sites (N-methyl/N-ethyl adjacent to an activating group) is 1. The fraction of sp³-hybridized carbons (Fsp3) is 0.455. The minimum Gasteiger partial charge on any atom is -0.375 e. The van der Waals surface area contributed by atoms with E-state index in [-0.39, 0.29) is 0 Å². The number of hydrogen-bond donors (Lipinski definition) is 1. The first-order valence-electron chi connectivity index (χ1n) is 4.90. The maximum absolute atomic E-state index is 5.93. The molecule has 1 atom stereocenters. The van der Waals surface area contributed by atoms with Gasteiger partial charge in [-0.3, -0.25) is 0 Å². The second-order valence-corrected chi connectivity index (χ2v) is 3.90. The van der Waals surface area contributed by atoms with Gasteiger partial charge in [0.05, 0.1) is 19.3 Å². The van der Waals surface area contributed by atoms with Crippen molar-refractivity contribution in [3.8, 4) is 0 Å². The average Bonchev–Trinajstić information content (AvgIpc) is 2.18. The van der Waals surface area contributed by atoms with Crippen molar-refractivity contribution in [1.82, 2.24) is 5.32 Å². The highest BCUT2D eigenvalue weighted by Crippen LogP contribution is 2.26. The fourth-order valence-electron chi connectivity index (χ4n) is 1.83. The van der Waals surface area contributed by atoms with Crippen molar-refractivity contribution in [1.29, 1.82) is 0 Å². The molecule has 0 aromatic heterocycles. The molecule has 1 aliphatic rings. The normalized spacial score (nSPS) is 20.6. The van der Waals surface area contributed by atoms with Crippen molar-refractivity contribution >= 4 is 11.6 Å². The SMILES string of the molecule is CCNC1COCc2cc(Cl)ccc21. The maximum Gasteiger partial charge on any atom is 0.0721 e. The summed E-state index contributed by atoms with van der Waals surface area (Å²) in [5.74, 6) is 0. The van der Waals surface area contributed by atoms with Gasteiger partial charge in [0.25, 0.3) is 0 Å². The van der Waals surface area contributed by atoms with E-state index >= 15 is 0 Å². The maximum atomic E-state index is 5.93. The molecule has 0 bridgehead atoms. The zero-order valence-corrected chi connectivity index (χ0v) is 8.97. The predicted molar refractivity (Wildman–Crippen MR) is 57.5 cm³/mol. The van der Waals surface area contributed by atoms with Crippen LogP contribution in [0.15, 0.2) is 18.2 Å². The number of fused-ring (bicyclic) bond motifs is 1. The van der Waals surface area contributed by atoms with Crippen molar-refractivity contribution in [2.75, 3.05) is 13.2 Å². The van der Waals surface area contributed by atoms with Gasteiger partial charge >= 0.3 is 0 Å². The van der Waals surface area contributed by atoms with E-state index in [0.717, 1.165) is 18.2 Å². The van der Waals surface area contributed by atoms with Crippen LogP contribution in [0.4, 0.5) is 0 Å². The van der Waals surface area contributed by atoms with Crippen molar-refractivity contribution in [2.24, 2.45) is 0 Å². The number of nitrogens with one attached hydrogen (secondary N) is 1. The first-order valence-corrected chi connectivity index (χ1v) is 5.28. The lowest BCUT2D eigenvalue weighted by molar-refractivity contribution is 0.0827. The van der Waals surface area contributed by atoms with E-state index in [4.69, 9.17) is 16.3 Å². The third-order valence-electron chi connectivity index (χ3n) is 2.47. The molecule has 3 heteroatoms. The van der Waals surface area contributed by atoms with Gasteiger partial charge in [0, 0.05) is 5.02 Å². The number of rotatable bonds is 2. The second-order valence-electron chi connectivity index (χ2n) is 3.47. The van der Waals surface area contributed by atoms with Crippen LogP contribution in [0.25, 0.3) is 0 Å². The lowest BCUT2D eigenvalue weighted by atomic mass is 9.99. The van der Waals surface area contributed by atoms with Gasteiger partial charge in [0.15, 0.2) is 0 Å². The lowest BCUT2D eigenvalue weighted by Crippen LogP contribution is -2.29. The summed E-state index contributed by atoms with van der Waals surface area (Å²) in [6, 6.07) is 6.34. The van der Waals surface area contributed by atoms with Crippen LogP contribution in [0.1, 0.15) is 24.1 Å². The van der Waals surface area contributed by atoms with Gasteiger partial charge in [-0.2, -0.15) is 0 Å². The Balaban J connectivity index is 2.30. The molecule has 0 fully saturated rings. The van der Waals surface area contributed by atoms with Gasteiger partial charge in [-0.15, -0.1) is 0 Å². The summed E-state index contributed by atoms with van der Waals surface area (Å²) in [5.41, 5.74) is 2.53. The molecule has 0 aliphatic carbocycles. The van der Waals surface area contributed by atoms with Crippen molar-refractivity contribution in [2.45, 2.75) is 19.6 Å². The van der Waals surface area contributed by atoms with E-state index in [2.05, 4.69) is 18.3 Å². The summed E-state index contributed by atoms with van der Waals surface area (Å²) in [6.45, 7) is 4.49. The highest BCUT2D eigenvalue weighted by Gasteiger charge is 2.19. The van der Waals surface area contributed by atoms with Crippen LogP contribution >= 0.6 is 11.6 Å². The topological polar surface area (TPSA) is 21.3 Å². The molecule has 76 valence electrons. The summed E-state index contributed by atoms with van der Waals surface area (Å²) in [7, 11) is 0. The Kier molecular flexibility index (Phi) is 3.06. The zero-order valence-electron chi connectivity index (χ0n) is 8.22. The fourth-order valence-corrected chi connectivity index (χ4v) is 2.03. The number of benzene rings is 1. The average molecular weight is 212 g/mol. The summed E-state index contributed by atoms with van der Waals surface area (Å²) in [6.07, 6.45) is 0. The van der Waals surface area contributed by atoms with Crippen LogP contribution in [-0.4, -0.2) is 13.2 Å². The van der Waals surface area contributed by atoms with Crippen LogP contribution in [0, 0.1) is 0 Å². The molecule has 1 aromatic rings. The molecular formula is C11H14ClNO. The molecule has 0 saturated carbocycles. The van der Waals surface area contributed by atoms with Crippen LogP contribution in [0.3, 0.4) is 0 Å². The molecule has 2 rings (SSSR count). The quantitative estimate of drug-likeness (QED) is 0.812. The van der Waals surface area contributed by atoms with E-state index in [9.17, 15) is 0 Å². The summed E-state index contributed by atoms with van der Waals surface area (Å²) in [4.78, 5) is 0. The highest BCUT2D eigenvalue weighted by molar-refractivity contribution is 6.30. The Labute approximate surface area is 89.2 Å². The van der Waals surface area contributed by atoms with Crippen molar-refractivity contribution < 1.29 is 4.74 Å². The van der Waals surface area contributed by atoms with Crippen LogP contribution in [0.2, 0.25) is 5.02 Å². The molecule has 1 heterocycles. The van der Waals surface area contributed by atoms with Crippen molar-refractivity contribution in [3.63, 3.8) is 0 Å². The Morgan fingerprint density at radius 2 is 2.43 bits per heavy atom. The molecular weight excluding hydrogens is 198 g/mol. The number of hydrogen-bond acceptors (Lipinski definition) is 2. The number of halogens is 1.